The first kappa shape index (κ1) is 20.0. The van der Waals surface area contributed by atoms with Crippen LogP contribution >= 0.6 is 0 Å². The van der Waals surface area contributed by atoms with Crippen LogP contribution in [0.5, 0.6) is 0 Å². The fourth-order valence-electron chi connectivity index (χ4n) is 3.57. The maximum atomic E-state index is 12.0. The lowest BCUT2D eigenvalue weighted by atomic mass is 9.77. The van der Waals surface area contributed by atoms with E-state index in [0.29, 0.717) is 23.8 Å². The largest absolute Gasteiger partial charge is 0.469 e. The molecular weight excluding hydrogens is 330 g/mol. The second-order valence-corrected chi connectivity index (χ2v) is 7.12. The summed E-state index contributed by atoms with van der Waals surface area (Å²) in [6.07, 6.45) is 6.57. The molecule has 0 unspecified atom stereocenters. The zero-order valence-corrected chi connectivity index (χ0v) is 16.2. The van der Waals surface area contributed by atoms with Gasteiger partial charge in [-0.3, -0.25) is 4.79 Å². The summed E-state index contributed by atoms with van der Waals surface area (Å²) in [5.74, 6) is 0.500. The van der Waals surface area contributed by atoms with E-state index in [4.69, 9.17) is 9.47 Å². The van der Waals surface area contributed by atoms with Crippen LogP contribution in [0.3, 0.4) is 0 Å². The molecule has 1 aromatic carbocycles. The van der Waals surface area contributed by atoms with Gasteiger partial charge in [-0.1, -0.05) is 24.3 Å². The van der Waals surface area contributed by atoms with Crippen LogP contribution in [-0.2, 0) is 19.1 Å². The Balaban J connectivity index is 2.03. The molecule has 0 bridgehead atoms. The highest BCUT2D eigenvalue weighted by Gasteiger charge is 2.24. The molecule has 0 N–H and O–H groups in total. The normalized spacial score (nSPS) is 20.4. The van der Waals surface area contributed by atoms with E-state index in [1.54, 1.807) is 6.20 Å². The van der Waals surface area contributed by atoms with E-state index < -0.39 is 0 Å². The van der Waals surface area contributed by atoms with Gasteiger partial charge in [0.2, 0.25) is 0 Å². The van der Waals surface area contributed by atoms with Gasteiger partial charge < -0.3 is 14.4 Å². The molecule has 1 saturated carbocycles. The zero-order chi connectivity index (χ0) is 19.1. The summed E-state index contributed by atoms with van der Waals surface area (Å²) >= 11 is 0. The van der Waals surface area contributed by atoms with Crippen LogP contribution in [-0.4, -0.2) is 45.2 Å². The number of methoxy groups -OCH3 is 2. The number of hydrogen-bond acceptors (Lipinski definition) is 5. The van der Waals surface area contributed by atoms with Crippen molar-refractivity contribution in [1.29, 1.82) is 0 Å². The van der Waals surface area contributed by atoms with Gasteiger partial charge in [0.25, 0.3) is 0 Å². The Bertz CT molecular complexity index is 640. The third-order valence-electron chi connectivity index (χ3n) is 5.02. The zero-order valence-electron chi connectivity index (χ0n) is 16.2. The Hall–Kier alpha value is -2.30. The summed E-state index contributed by atoms with van der Waals surface area (Å²) in [7, 11) is 6.60. The van der Waals surface area contributed by atoms with E-state index in [1.165, 1.54) is 19.8 Å². The van der Waals surface area contributed by atoms with Crippen LogP contribution < -0.4 is 0 Å². The molecule has 0 spiro atoms. The molecule has 2 rings (SSSR count). The highest BCUT2D eigenvalue weighted by Crippen LogP contribution is 2.37. The minimum atomic E-state index is -0.338. The first-order chi connectivity index (χ1) is 12.4. The Morgan fingerprint density at radius 3 is 2.15 bits per heavy atom. The number of carbonyl (C=O) groups is 2. The number of esters is 2. The quantitative estimate of drug-likeness (QED) is 0.574. The van der Waals surface area contributed by atoms with Crippen molar-refractivity contribution in [1.82, 2.24) is 4.90 Å². The lowest BCUT2D eigenvalue weighted by Gasteiger charge is -2.28. The molecule has 1 fully saturated rings. The van der Waals surface area contributed by atoms with Crippen LogP contribution in [0.1, 0.15) is 49.1 Å². The van der Waals surface area contributed by atoms with Gasteiger partial charge in [0.1, 0.15) is 0 Å². The average molecular weight is 359 g/mol. The van der Waals surface area contributed by atoms with E-state index in [1.807, 2.05) is 31.1 Å². The molecule has 0 amide bonds. The maximum absolute atomic E-state index is 12.0. The van der Waals surface area contributed by atoms with Gasteiger partial charge in [-0.05, 0) is 48.6 Å². The fourth-order valence-corrected chi connectivity index (χ4v) is 3.57. The van der Waals surface area contributed by atoms with E-state index in [9.17, 15) is 9.59 Å². The van der Waals surface area contributed by atoms with Gasteiger partial charge in [-0.15, -0.1) is 0 Å². The van der Waals surface area contributed by atoms with Gasteiger partial charge in [0, 0.05) is 26.7 Å². The van der Waals surface area contributed by atoms with Crippen molar-refractivity contribution in [3.8, 4) is 0 Å². The number of ether oxygens (including phenoxy) is 2. The molecule has 1 aromatic rings. The summed E-state index contributed by atoms with van der Waals surface area (Å²) in [6, 6.07) is 8.18. The summed E-state index contributed by atoms with van der Waals surface area (Å²) in [5.41, 5.74) is 2.69. The van der Waals surface area contributed by atoms with Crippen molar-refractivity contribution in [2.45, 2.75) is 38.0 Å². The molecule has 142 valence electrons. The van der Waals surface area contributed by atoms with Crippen LogP contribution in [0.15, 0.2) is 30.5 Å². The monoisotopic (exact) mass is 359 g/mol. The van der Waals surface area contributed by atoms with Crippen molar-refractivity contribution in [2.24, 2.45) is 5.92 Å². The van der Waals surface area contributed by atoms with Crippen LogP contribution in [0.25, 0.3) is 5.57 Å². The van der Waals surface area contributed by atoms with E-state index in [-0.39, 0.29) is 11.9 Å². The standard InChI is InChI=1S/C21H29NO4/c1-22(2)14-19(21(24)26-4)18-11-9-17(10-12-18)16-7-5-15(6-8-16)13-20(23)25-3/h9-12,14-16H,5-8,13H2,1-4H3/b19-14+/t15-,16-. The van der Waals surface area contributed by atoms with Gasteiger partial charge in [0.15, 0.2) is 0 Å². The summed E-state index contributed by atoms with van der Waals surface area (Å²) in [6.45, 7) is 0. The summed E-state index contributed by atoms with van der Waals surface area (Å²) in [4.78, 5) is 25.3. The Morgan fingerprint density at radius 1 is 1.04 bits per heavy atom. The molecule has 0 aromatic heterocycles. The molecule has 0 saturated heterocycles. The van der Waals surface area contributed by atoms with Crippen molar-refractivity contribution in [2.75, 3.05) is 28.3 Å². The number of rotatable bonds is 6. The smallest absolute Gasteiger partial charge is 0.339 e. The predicted octanol–water partition coefficient (Wildman–Crippen LogP) is 3.60. The molecule has 26 heavy (non-hydrogen) atoms. The number of carbonyl (C=O) groups excluding carboxylic acids is 2. The van der Waals surface area contributed by atoms with E-state index >= 15 is 0 Å². The average Bonchev–Trinajstić information content (AvgIpc) is 2.66. The summed E-state index contributed by atoms with van der Waals surface area (Å²) in [5, 5.41) is 0. The molecule has 0 heterocycles. The first-order valence-corrected chi connectivity index (χ1v) is 9.08. The SMILES string of the molecule is COC(=O)C[C@H]1CC[C@H](c2ccc(/C(=C\N(C)C)C(=O)OC)cc2)CC1. The van der Waals surface area contributed by atoms with Crippen molar-refractivity contribution >= 4 is 17.5 Å². The van der Waals surface area contributed by atoms with Gasteiger partial charge >= 0.3 is 11.9 Å². The topological polar surface area (TPSA) is 55.8 Å². The number of nitrogens with zero attached hydrogens (tertiary/aromatic N) is 1. The molecule has 1 aliphatic rings. The molecular formula is C21H29NO4. The number of benzene rings is 1. The highest BCUT2D eigenvalue weighted by molar-refractivity contribution is 6.16. The van der Waals surface area contributed by atoms with Gasteiger partial charge in [-0.25, -0.2) is 4.79 Å². The third-order valence-corrected chi connectivity index (χ3v) is 5.02. The minimum absolute atomic E-state index is 0.110. The molecule has 5 nitrogen and oxygen atoms in total. The highest BCUT2D eigenvalue weighted by atomic mass is 16.5. The molecule has 1 aliphatic carbocycles. The predicted molar refractivity (Wildman–Crippen MR) is 101 cm³/mol. The Morgan fingerprint density at radius 2 is 1.65 bits per heavy atom. The second kappa shape index (κ2) is 9.41. The molecule has 0 atom stereocenters. The van der Waals surface area contributed by atoms with E-state index in [2.05, 4.69) is 12.1 Å². The Kier molecular flexibility index (Phi) is 7.25. The molecule has 0 radical (unpaired) electrons. The van der Waals surface area contributed by atoms with Crippen molar-refractivity contribution < 1.29 is 19.1 Å². The Labute approximate surface area is 156 Å². The van der Waals surface area contributed by atoms with Gasteiger partial charge in [0.05, 0.1) is 19.8 Å². The van der Waals surface area contributed by atoms with Crippen LogP contribution in [0, 0.1) is 5.92 Å². The van der Waals surface area contributed by atoms with Crippen molar-refractivity contribution in [3.63, 3.8) is 0 Å². The van der Waals surface area contributed by atoms with Crippen molar-refractivity contribution in [3.05, 3.63) is 41.6 Å². The minimum Gasteiger partial charge on any atom is -0.469 e. The van der Waals surface area contributed by atoms with E-state index in [0.717, 1.165) is 31.2 Å². The number of hydrogen-bond donors (Lipinski definition) is 0. The summed E-state index contributed by atoms with van der Waals surface area (Å²) < 4.78 is 9.67. The second-order valence-electron chi connectivity index (χ2n) is 7.12. The maximum Gasteiger partial charge on any atom is 0.339 e. The fraction of sp³-hybridized carbons (Fsp3) is 0.524. The first-order valence-electron chi connectivity index (χ1n) is 9.08. The van der Waals surface area contributed by atoms with Crippen LogP contribution in [0.2, 0.25) is 0 Å². The van der Waals surface area contributed by atoms with Crippen LogP contribution in [0.4, 0.5) is 0 Å². The molecule has 0 aliphatic heterocycles. The lowest BCUT2D eigenvalue weighted by Crippen LogP contribution is -2.17. The third kappa shape index (κ3) is 5.35. The lowest BCUT2D eigenvalue weighted by molar-refractivity contribution is -0.142. The molecule has 5 heteroatoms. The van der Waals surface area contributed by atoms with Gasteiger partial charge in [-0.2, -0.15) is 0 Å².